The predicted octanol–water partition coefficient (Wildman–Crippen LogP) is 12.5. The molecule has 1 aliphatic carbocycles. The van der Waals surface area contributed by atoms with E-state index in [1.807, 2.05) is 20.8 Å². The number of ether oxygens (including phenoxy) is 4. The number of halogens is 18. The van der Waals surface area contributed by atoms with Crippen molar-refractivity contribution in [1.82, 2.24) is 5.32 Å². The Kier molecular flexibility index (Phi) is 19.1. The molecule has 0 spiro atoms. The second-order valence-corrected chi connectivity index (χ2v) is 16.2. The van der Waals surface area contributed by atoms with Gasteiger partial charge in [-0.15, -0.1) is 0 Å². The molecule has 1 aromatic carbocycles. The van der Waals surface area contributed by atoms with Gasteiger partial charge in [-0.05, 0) is 82.1 Å². The third-order valence-corrected chi connectivity index (χ3v) is 10.7. The van der Waals surface area contributed by atoms with E-state index >= 15 is 0 Å². The number of hydrogen-bond acceptors (Lipinski definition) is 6. The van der Waals surface area contributed by atoms with Crippen LogP contribution in [0.1, 0.15) is 104 Å². The minimum Gasteiger partial charge on any atom is -0.494 e. The molecule has 1 amide bonds. The number of benzene rings is 1. The molecule has 0 aliphatic heterocycles. The Balaban J connectivity index is 1.97. The van der Waals surface area contributed by atoms with Gasteiger partial charge < -0.3 is 24.3 Å². The number of esters is 1. The molecule has 1 aliphatic rings. The number of unbranched alkanes of at least 4 members (excludes halogenated alkanes) is 2. The number of nitrogens with one attached hydrogen (secondary N) is 1. The first-order valence-corrected chi connectivity index (χ1v) is 20.0. The molecule has 1 aromatic rings. The molecule has 0 aromatic heterocycles. The lowest BCUT2D eigenvalue weighted by Gasteiger charge is -2.36. The number of carbonyl (C=O) groups is 2. The highest BCUT2D eigenvalue weighted by molar-refractivity contribution is 5.87. The van der Waals surface area contributed by atoms with Crippen LogP contribution in [0.25, 0.3) is 6.08 Å². The molecule has 1 fully saturated rings. The molecule has 65 heavy (non-hydrogen) atoms. The summed E-state index contributed by atoms with van der Waals surface area (Å²) in [6.45, 7) is 2.43. The van der Waals surface area contributed by atoms with Gasteiger partial charge in [0.25, 0.3) is 0 Å². The fourth-order valence-corrected chi connectivity index (χ4v) is 5.93. The van der Waals surface area contributed by atoms with Crippen LogP contribution in [0.2, 0.25) is 0 Å². The quantitative estimate of drug-likeness (QED) is 0.0346. The molecule has 25 heteroatoms. The summed E-state index contributed by atoms with van der Waals surface area (Å²) in [5.74, 6) is -44.0. The van der Waals surface area contributed by atoms with Crippen molar-refractivity contribution in [2.45, 2.75) is 164 Å². The second-order valence-electron chi connectivity index (χ2n) is 16.2. The SMILES string of the molecule is CCC(C)(C)C(=O)NC1CCC(OC(=O)/C=C/c2ccc(OCCCCCC(C)(OCCC(F)(F)C(F)(F)C(F)(F)C(F)(F)F)OCCC(F)(F)C(F)(F)C(F)(F)C(F)(F)F)cc2)CC1. The first-order chi connectivity index (χ1) is 29.4. The highest BCUT2D eigenvalue weighted by atomic mass is 19.4. The van der Waals surface area contributed by atoms with Crippen molar-refractivity contribution in [2.75, 3.05) is 19.8 Å². The van der Waals surface area contributed by atoms with E-state index in [1.165, 1.54) is 24.3 Å². The Labute approximate surface area is 361 Å². The van der Waals surface area contributed by atoms with Crippen molar-refractivity contribution in [3.63, 3.8) is 0 Å². The van der Waals surface area contributed by atoms with Gasteiger partial charge in [0.05, 0.1) is 19.8 Å². The van der Waals surface area contributed by atoms with Crippen LogP contribution in [0, 0.1) is 5.41 Å². The maximum Gasteiger partial charge on any atom is 0.460 e. The zero-order valence-electron chi connectivity index (χ0n) is 35.3. The zero-order chi connectivity index (χ0) is 50.1. The summed E-state index contributed by atoms with van der Waals surface area (Å²) in [6, 6.07) is 6.13. The van der Waals surface area contributed by atoms with Crippen LogP contribution < -0.4 is 10.1 Å². The summed E-state index contributed by atoms with van der Waals surface area (Å²) < 4.78 is 260. The molecule has 0 atom stereocenters. The maximum absolute atomic E-state index is 14.1. The molecule has 0 heterocycles. The van der Waals surface area contributed by atoms with Crippen LogP contribution in [0.4, 0.5) is 79.0 Å². The monoisotopic (exact) mass is 981 g/mol. The van der Waals surface area contributed by atoms with Crippen LogP contribution in [-0.4, -0.2) is 97.5 Å². The van der Waals surface area contributed by atoms with Crippen LogP contribution in [0.5, 0.6) is 5.75 Å². The van der Waals surface area contributed by atoms with E-state index in [0.29, 0.717) is 50.3 Å². The number of amides is 1. The highest BCUT2D eigenvalue weighted by Crippen LogP contribution is 2.55. The van der Waals surface area contributed by atoms with E-state index < -0.39 is 97.5 Å². The van der Waals surface area contributed by atoms with Gasteiger partial charge in [-0.3, -0.25) is 4.79 Å². The van der Waals surface area contributed by atoms with Gasteiger partial charge in [-0.1, -0.05) is 32.9 Å². The predicted molar refractivity (Wildman–Crippen MR) is 195 cm³/mol. The first-order valence-electron chi connectivity index (χ1n) is 20.0. The lowest BCUT2D eigenvalue weighted by atomic mass is 9.87. The first kappa shape index (κ1) is 57.5. The van der Waals surface area contributed by atoms with Crippen molar-refractivity contribution in [3.05, 3.63) is 35.9 Å². The van der Waals surface area contributed by atoms with Gasteiger partial charge >= 0.3 is 53.9 Å². The van der Waals surface area contributed by atoms with Crippen molar-refractivity contribution >= 4 is 18.0 Å². The lowest BCUT2D eigenvalue weighted by molar-refractivity contribution is -0.399. The lowest BCUT2D eigenvalue weighted by Crippen LogP contribution is -2.61. The average Bonchev–Trinajstić information content (AvgIpc) is 3.18. The Morgan fingerprint density at radius 3 is 1.51 bits per heavy atom. The number of hydrogen-bond donors (Lipinski definition) is 1. The van der Waals surface area contributed by atoms with E-state index in [0.717, 1.165) is 0 Å². The van der Waals surface area contributed by atoms with E-state index in [2.05, 4.69) is 5.32 Å². The fraction of sp³-hybridized carbons (Fsp3) is 0.750. The Morgan fingerprint density at radius 1 is 0.615 bits per heavy atom. The third-order valence-electron chi connectivity index (χ3n) is 10.7. The van der Waals surface area contributed by atoms with E-state index in [1.54, 1.807) is 12.1 Å². The normalized spacial score (nSPS) is 17.9. The van der Waals surface area contributed by atoms with Gasteiger partial charge in [-0.25, -0.2) is 4.79 Å². The molecule has 0 saturated heterocycles. The second kappa shape index (κ2) is 21.5. The Bertz CT molecular complexity index is 1650. The summed E-state index contributed by atoms with van der Waals surface area (Å²) in [4.78, 5) is 24.8. The molecule has 7 nitrogen and oxygen atoms in total. The van der Waals surface area contributed by atoms with Crippen LogP contribution >= 0.6 is 0 Å². The molecule has 0 unspecified atom stereocenters. The summed E-state index contributed by atoms with van der Waals surface area (Å²) >= 11 is 0. The largest absolute Gasteiger partial charge is 0.494 e. The van der Waals surface area contributed by atoms with Crippen LogP contribution in [0.3, 0.4) is 0 Å². The molecule has 1 saturated carbocycles. The third kappa shape index (κ3) is 14.7. The van der Waals surface area contributed by atoms with Crippen LogP contribution in [0.15, 0.2) is 30.3 Å². The zero-order valence-corrected chi connectivity index (χ0v) is 35.3. The number of carbonyl (C=O) groups excluding carboxylic acids is 2. The van der Waals surface area contributed by atoms with Gasteiger partial charge in [0.15, 0.2) is 5.79 Å². The van der Waals surface area contributed by atoms with Gasteiger partial charge in [0.2, 0.25) is 5.91 Å². The summed E-state index contributed by atoms with van der Waals surface area (Å²) in [5.41, 5.74) is 0.0610. The topological polar surface area (TPSA) is 83.1 Å². The molecule has 0 radical (unpaired) electrons. The van der Waals surface area contributed by atoms with Gasteiger partial charge in [-0.2, -0.15) is 79.0 Å². The summed E-state index contributed by atoms with van der Waals surface area (Å²) in [7, 11) is 0. The van der Waals surface area contributed by atoms with Gasteiger partial charge in [0.1, 0.15) is 11.9 Å². The summed E-state index contributed by atoms with van der Waals surface area (Å²) in [6.07, 6.45) is -14.9. The van der Waals surface area contributed by atoms with E-state index in [9.17, 15) is 88.6 Å². The molecular weight excluding hydrogens is 932 g/mol. The van der Waals surface area contributed by atoms with Crippen molar-refractivity contribution in [3.8, 4) is 5.75 Å². The summed E-state index contributed by atoms with van der Waals surface area (Å²) in [5, 5.41) is 3.03. The van der Waals surface area contributed by atoms with E-state index in [-0.39, 0.29) is 43.9 Å². The molecule has 1 N–H and O–H groups in total. The number of alkyl halides is 18. The maximum atomic E-state index is 14.1. The van der Waals surface area contributed by atoms with Crippen molar-refractivity contribution in [2.24, 2.45) is 5.41 Å². The Morgan fingerprint density at radius 2 is 1.08 bits per heavy atom. The van der Waals surface area contributed by atoms with E-state index in [4.69, 9.17) is 18.9 Å². The fourth-order valence-electron chi connectivity index (χ4n) is 5.93. The highest BCUT2D eigenvalue weighted by Gasteiger charge is 2.82. The average molecular weight is 982 g/mol. The minimum absolute atomic E-state index is 0.0216. The van der Waals surface area contributed by atoms with Gasteiger partial charge in [0, 0.05) is 36.8 Å². The molecular formula is C40H49F18NO6. The Hall–Kier alpha value is -3.64. The van der Waals surface area contributed by atoms with Crippen molar-refractivity contribution in [1.29, 1.82) is 0 Å². The number of rotatable bonds is 25. The standard InChI is InChI=1S/C40H49F18NO6/c1-5-31(2,3)30(61)59-26-12-16-28(17-13-26)65-29(60)18-11-25-9-14-27(15-10-25)62-22-8-6-7-19-32(4,63-23-20-33(41,42)35(45,46)37(49,50)39(53,54)55)64-24-21-34(43,44)36(47,48)38(51,52)40(56,57)58/h9-11,14-15,18,26,28H,5-8,12-13,16-17,19-24H2,1-4H3,(H,59,61)/b18-11+. The van der Waals surface area contributed by atoms with Crippen molar-refractivity contribution < 1.29 is 108 Å². The van der Waals surface area contributed by atoms with Crippen LogP contribution in [-0.2, 0) is 23.8 Å². The molecule has 376 valence electrons. The molecule has 2 rings (SSSR count). The smallest absolute Gasteiger partial charge is 0.460 e. The molecule has 0 bridgehead atoms. The minimum atomic E-state index is -7.27.